The van der Waals surface area contributed by atoms with Crippen LogP contribution in [0.5, 0.6) is 0 Å². The summed E-state index contributed by atoms with van der Waals surface area (Å²) in [7, 11) is 4.62. The number of aromatic nitrogens is 4. The predicted octanol–water partition coefficient (Wildman–Crippen LogP) is -4.70. The highest BCUT2D eigenvalue weighted by molar-refractivity contribution is 5.96. The molecule has 2 heterocycles. The average molecular weight is 773 g/mol. The molecule has 0 aromatic carbocycles. The first-order valence-electron chi connectivity index (χ1n) is 17.3. The Morgan fingerprint density at radius 2 is 1.00 bits per heavy atom. The van der Waals surface area contributed by atoms with Gasteiger partial charge in [-0.2, -0.15) is 0 Å². The van der Waals surface area contributed by atoms with E-state index in [-0.39, 0.29) is 58.3 Å². The van der Waals surface area contributed by atoms with Gasteiger partial charge >= 0.3 is 5.97 Å². The van der Waals surface area contributed by atoms with Crippen molar-refractivity contribution in [1.82, 2.24) is 62.5 Å². The molecule has 0 aliphatic heterocycles. The van der Waals surface area contributed by atoms with Gasteiger partial charge in [-0.25, -0.2) is 14.8 Å². The maximum Gasteiger partial charge on any atom is 0.326 e. The van der Waals surface area contributed by atoms with E-state index >= 15 is 0 Å². The van der Waals surface area contributed by atoms with Crippen LogP contribution >= 0.6 is 0 Å². The Morgan fingerprint density at radius 1 is 0.636 bits per heavy atom. The number of carbonyl (C=O) groups excluding carboxylic acids is 5. The third-order valence-corrected chi connectivity index (χ3v) is 7.70. The monoisotopic (exact) mass is 772 g/mol. The molecule has 0 radical (unpaired) electrons. The van der Waals surface area contributed by atoms with Crippen molar-refractivity contribution in [2.24, 2.45) is 20.7 Å². The highest BCUT2D eigenvalue weighted by atomic mass is 16.4. The molecule has 302 valence electrons. The molecule has 0 spiro atoms. The smallest absolute Gasteiger partial charge is 0.326 e. The fraction of sp³-hybridized carbons (Fsp3) is 0.531. The van der Waals surface area contributed by atoms with Crippen molar-refractivity contribution in [1.29, 1.82) is 0 Å². The molecule has 5 atom stereocenters. The van der Waals surface area contributed by atoms with Gasteiger partial charge in [0.1, 0.15) is 30.2 Å². The highest BCUT2D eigenvalue weighted by Crippen LogP contribution is 2.06. The number of rotatable bonds is 27. The fourth-order valence-corrected chi connectivity index (χ4v) is 4.94. The zero-order chi connectivity index (χ0) is 40.4. The predicted molar refractivity (Wildman–Crippen MR) is 202 cm³/mol. The number of aliphatic imine (C=N–C) groups is 3. The van der Waals surface area contributed by atoms with Gasteiger partial charge in [-0.1, -0.05) is 0 Å². The first-order valence-corrected chi connectivity index (χ1v) is 17.3. The summed E-state index contributed by atoms with van der Waals surface area (Å²) in [6.45, 7) is 0.155. The van der Waals surface area contributed by atoms with Crippen molar-refractivity contribution in [2.75, 3.05) is 47.3 Å². The lowest BCUT2D eigenvalue weighted by Gasteiger charge is -2.27. The van der Waals surface area contributed by atoms with E-state index < -0.39 is 65.7 Å². The lowest BCUT2D eigenvalue weighted by Crippen LogP contribution is -2.60. The normalized spacial score (nSPS) is 14.0. The van der Waals surface area contributed by atoms with Crippen molar-refractivity contribution >= 4 is 54.5 Å². The Hall–Kier alpha value is -6.39. The molecule has 23 heteroatoms. The van der Waals surface area contributed by atoms with Gasteiger partial charge in [0.05, 0.1) is 38.2 Å². The van der Waals surface area contributed by atoms with E-state index in [2.05, 4.69) is 77.4 Å². The molecule has 2 aromatic rings. The van der Waals surface area contributed by atoms with Crippen molar-refractivity contribution in [2.45, 2.75) is 62.3 Å². The largest absolute Gasteiger partial charge is 0.480 e. The second-order valence-electron chi connectivity index (χ2n) is 11.9. The number of hydrogen-bond acceptors (Lipinski definition) is 12. The standard InChI is InChI=1S/C32H52N16O7/c1-34-15-37-7-4-22(28(50)47-24(32(54)55)6-9-39-17-36-3)46-31(53)26(11-21-14-41-19-43-21)48-29(51)23(5-8-38-16-35-2)45-30(52)25(44-27(49)12-33)10-20-13-40-18-42-20/h13-19,22-26H,4-12,33H2,1-3H3,(H,34,37)(H,35,38)(H,36,39)(H,40,42)(H,41,43)(H,44,49)(H,45,52)(H,46,53)(H,47,50)(H,48,51)(H,54,55). The molecule has 2 rings (SSSR count). The van der Waals surface area contributed by atoms with E-state index in [4.69, 9.17) is 5.73 Å². The number of hydrogen-bond donors (Lipinski definition) is 12. The third-order valence-electron chi connectivity index (χ3n) is 7.70. The molecule has 0 bridgehead atoms. The van der Waals surface area contributed by atoms with Crippen LogP contribution in [0.4, 0.5) is 0 Å². The summed E-state index contributed by atoms with van der Waals surface area (Å²) in [4.78, 5) is 104. The van der Waals surface area contributed by atoms with Crippen LogP contribution in [0, 0.1) is 0 Å². The quantitative estimate of drug-likeness (QED) is 0.0231. The van der Waals surface area contributed by atoms with Crippen LogP contribution in [0.1, 0.15) is 30.7 Å². The summed E-state index contributed by atoms with van der Waals surface area (Å²) < 4.78 is 0. The van der Waals surface area contributed by atoms with Crippen LogP contribution in [0.15, 0.2) is 40.0 Å². The molecule has 55 heavy (non-hydrogen) atoms. The minimum Gasteiger partial charge on any atom is -0.480 e. The molecule has 0 saturated carbocycles. The summed E-state index contributed by atoms with van der Waals surface area (Å²) in [6.07, 6.45) is 9.87. The first-order chi connectivity index (χ1) is 26.5. The second kappa shape index (κ2) is 25.6. The maximum atomic E-state index is 13.9. The zero-order valence-corrected chi connectivity index (χ0v) is 31.0. The Kier molecular flexibility index (Phi) is 20.8. The Bertz CT molecular complexity index is 1570. The van der Waals surface area contributed by atoms with Gasteiger partial charge < -0.3 is 63.3 Å². The second-order valence-corrected chi connectivity index (χ2v) is 11.9. The number of amides is 5. The minimum absolute atomic E-state index is 0.00612. The molecule has 5 amide bonds. The topological polar surface area (TPSA) is 339 Å². The maximum absolute atomic E-state index is 13.9. The van der Waals surface area contributed by atoms with Crippen LogP contribution in [0.25, 0.3) is 0 Å². The van der Waals surface area contributed by atoms with Gasteiger partial charge in [0, 0.05) is 77.4 Å². The third kappa shape index (κ3) is 17.3. The summed E-state index contributed by atoms with van der Waals surface area (Å²) in [5, 5.41) is 31.3. The van der Waals surface area contributed by atoms with Gasteiger partial charge in [0.25, 0.3) is 0 Å². The summed E-state index contributed by atoms with van der Waals surface area (Å²) in [6, 6.07) is -6.24. The number of imidazole rings is 2. The first kappa shape index (κ1) is 44.8. The number of nitrogens with zero attached hydrogens (tertiary/aromatic N) is 5. The molecule has 5 unspecified atom stereocenters. The van der Waals surface area contributed by atoms with Gasteiger partial charge in [-0.05, 0) is 19.3 Å². The van der Waals surface area contributed by atoms with Crippen molar-refractivity contribution < 1.29 is 33.9 Å². The number of carbonyl (C=O) groups is 6. The Morgan fingerprint density at radius 3 is 1.36 bits per heavy atom. The lowest BCUT2D eigenvalue weighted by atomic mass is 10.1. The Labute approximate surface area is 317 Å². The van der Waals surface area contributed by atoms with Gasteiger partial charge in [0.2, 0.25) is 29.5 Å². The zero-order valence-electron chi connectivity index (χ0n) is 31.0. The molecule has 23 nitrogen and oxygen atoms in total. The van der Waals surface area contributed by atoms with Gasteiger partial charge in [-0.3, -0.25) is 38.9 Å². The molecule has 2 aromatic heterocycles. The average Bonchev–Trinajstić information content (AvgIpc) is 3.89. The lowest BCUT2D eigenvalue weighted by molar-refractivity contribution is -0.142. The SMILES string of the molecule is CN=CNCCC(NC(=O)C(CCNC=NC)NC(=O)C(Cc1cnc[nH]1)NC(=O)C(CCNC=NC)NC(=O)C(Cc1cnc[nH]1)NC(=O)CN)C(=O)O. The molecule has 0 saturated heterocycles. The van der Waals surface area contributed by atoms with Crippen LogP contribution in [-0.4, -0.2) is 157 Å². The molecule has 13 N–H and O–H groups in total. The summed E-state index contributed by atoms with van der Waals surface area (Å²) in [5.41, 5.74) is 6.47. The molecule has 0 aliphatic rings. The number of H-pyrrole nitrogens is 2. The number of carboxylic acid groups (broad SMARTS) is 1. The summed E-state index contributed by atoms with van der Waals surface area (Å²) >= 11 is 0. The molecular weight excluding hydrogens is 720 g/mol. The van der Waals surface area contributed by atoms with E-state index in [1.807, 2.05) is 0 Å². The van der Waals surface area contributed by atoms with Crippen LogP contribution < -0.4 is 48.3 Å². The van der Waals surface area contributed by atoms with Crippen LogP contribution in [0.2, 0.25) is 0 Å². The van der Waals surface area contributed by atoms with Gasteiger partial charge in [0.15, 0.2) is 0 Å². The van der Waals surface area contributed by atoms with E-state index in [0.29, 0.717) is 11.4 Å². The van der Waals surface area contributed by atoms with Crippen molar-refractivity contribution in [3.63, 3.8) is 0 Å². The van der Waals surface area contributed by atoms with E-state index in [1.165, 1.54) is 58.2 Å². The fourth-order valence-electron chi connectivity index (χ4n) is 4.94. The number of nitrogens with one attached hydrogen (secondary N) is 10. The van der Waals surface area contributed by atoms with Crippen LogP contribution in [-0.2, 0) is 41.6 Å². The van der Waals surface area contributed by atoms with E-state index in [1.54, 1.807) is 7.05 Å². The number of aliphatic carboxylic acids is 1. The minimum atomic E-state index is -1.32. The summed E-state index contributed by atoms with van der Waals surface area (Å²) in [5.74, 6) is -4.91. The van der Waals surface area contributed by atoms with Crippen molar-refractivity contribution in [3.05, 3.63) is 36.4 Å². The van der Waals surface area contributed by atoms with E-state index in [0.717, 1.165) is 0 Å². The molecular formula is C32H52N16O7. The van der Waals surface area contributed by atoms with Gasteiger partial charge in [-0.15, -0.1) is 0 Å². The number of nitrogens with two attached hydrogens (primary N) is 1. The number of carboxylic acids is 1. The Balaban J connectivity index is 2.35. The number of aromatic amines is 2. The highest BCUT2D eigenvalue weighted by Gasteiger charge is 2.33. The van der Waals surface area contributed by atoms with Crippen LogP contribution in [0.3, 0.4) is 0 Å². The molecule has 0 fully saturated rings. The van der Waals surface area contributed by atoms with Crippen molar-refractivity contribution in [3.8, 4) is 0 Å². The molecule has 0 aliphatic carbocycles. The van der Waals surface area contributed by atoms with E-state index in [9.17, 15) is 33.9 Å².